The summed E-state index contributed by atoms with van der Waals surface area (Å²) in [5.41, 5.74) is 2.02. The van der Waals surface area contributed by atoms with E-state index in [1.165, 1.54) is 12.1 Å². The van der Waals surface area contributed by atoms with Crippen molar-refractivity contribution in [2.24, 2.45) is 0 Å². The van der Waals surface area contributed by atoms with Crippen molar-refractivity contribution in [3.8, 4) is 5.75 Å². The molecule has 3 aromatic carbocycles. The van der Waals surface area contributed by atoms with Crippen LogP contribution in [0.25, 0.3) is 0 Å². The van der Waals surface area contributed by atoms with Gasteiger partial charge in [-0.05, 0) is 28.8 Å². The Morgan fingerprint density at radius 2 is 1.52 bits per heavy atom. The Balaban J connectivity index is 1.78. The average Bonchev–Trinajstić information content (AvgIpc) is 2.82. The van der Waals surface area contributed by atoms with E-state index in [4.69, 9.17) is 4.74 Å². The number of halogens is 2. The maximum Gasteiger partial charge on any atom is 0.235 e. The highest BCUT2D eigenvalue weighted by atomic mass is 19.2. The summed E-state index contributed by atoms with van der Waals surface area (Å²) >= 11 is 0. The van der Waals surface area contributed by atoms with Crippen molar-refractivity contribution in [2.45, 2.75) is 25.2 Å². The summed E-state index contributed by atoms with van der Waals surface area (Å²) in [4.78, 5) is 25.3. The summed E-state index contributed by atoms with van der Waals surface area (Å²) < 4.78 is 32.5. The smallest absolute Gasteiger partial charge is 0.235 e. The van der Waals surface area contributed by atoms with Gasteiger partial charge >= 0.3 is 0 Å². The second-order valence-corrected chi connectivity index (χ2v) is 7.01. The van der Waals surface area contributed by atoms with Crippen LogP contribution in [0.4, 0.5) is 8.78 Å². The first-order valence-electron chi connectivity index (χ1n) is 9.90. The molecule has 4 nitrogen and oxygen atoms in total. The highest BCUT2D eigenvalue weighted by molar-refractivity contribution is 6.08. The Labute approximate surface area is 179 Å². The Morgan fingerprint density at radius 1 is 0.871 bits per heavy atom. The Kier molecular flexibility index (Phi) is 7.87. The Bertz CT molecular complexity index is 996. The average molecular weight is 423 g/mol. The number of nitrogens with one attached hydrogen (secondary N) is 1. The molecule has 1 N–H and O–H groups in total. The van der Waals surface area contributed by atoms with E-state index in [1.807, 2.05) is 60.7 Å². The lowest BCUT2D eigenvalue weighted by molar-refractivity contribution is -0.133. The topological polar surface area (TPSA) is 55.4 Å². The van der Waals surface area contributed by atoms with Crippen LogP contribution < -0.4 is 10.1 Å². The molecule has 2 atom stereocenters. The van der Waals surface area contributed by atoms with Crippen molar-refractivity contribution in [1.82, 2.24) is 5.32 Å². The van der Waals surface area contributed by atoms with Gasteiger partial charge in [0.05, 0.1) is 0 Å². The minimum atomic E-state index is -2.37. The SMILES string of the molecule is O=C(NCc1ccccc1)C(C(=O)C(F)CF)c1cccc(OCc2ccccc2)c1. The van der Waals surface area contributed by atoms with Crippen molar-refractivity contribution >= 4 is 11.7 Å². The predicted molar refractivity (Wildman–Crippen MR) is 114 cm³/mol. The molecule has 0 saturated carbocycles. The molecule has 0 bridgehead atoms. The monoisotopic (exact) mass is 423 g/mol. The summed E-state index contributed by atoms with van der Waals surface area (Å²) in [7, 11) is 0. The lowest BCUT2D eigenvalue weighted by Crippen LogP contribution is -2.37. The van der Waals surface area contributed by atoms with E-state index in [9.17, 15) is 18.4 Å². The zero-order valence-electron chi connectivity index (χ0n) is 16.8. The fourth-order valence-electron chi connectivity index (χ4n) is 3.11. The van der Waals surface area contributed by atoms with Crippen LogP contribution in [0.2, 0.25) is 0 Å². The molecule has 0 aliphatic rings. The number of rotatable bonds is 10. The molecule has 3 aromatic rings. The molecule has 2 unspecified atom stereocenters. The standard InChI is InChI=1S/C25H23F2NO3/c26-15-22(27)24(29)23(25(30)28-16-18-8-3-1-4-9-18)20-12-7-13-21(14-20)31-17-19-10-5-2-6-11-19/h1-14,22-23H,15-17H2,(H,28,30). The molecule has 0 aromatic heterocycles. The Morgan fingerprint density at radius 3 is 2.16 bits per heavy atom. The molecule has 0 radical (unpaired) electrons. The zero-order chi connectivity index (χ0) is 22.1. The van der Waals surface area contributed by atoms with Crippen LogP contribution >= 0.6 is 0 Å². The van der Waals surface area contributed by atoms with Crippen LogP contribution in [0.3, 0.4) is 0 Å². The largest absolute Gasteiger partial charge is 0.489 e. The van der Waals surface area contributed by atoms with E-state index in [0.717, 1.165) is 11.1 Å². The molecular formula is C25H23F2NO3. The number of hydrogen-bond donors (Lipinski definition) is 1. The van der Waals surface area contributed by atoms with Crippen LogP contribution in [0.15, 0.2) is 84.9 Å². The zero-order valence-corrected chi connectivity index (χ0v) is 16.8. The maximum absolute atomic E-state index is 13.9. The van der Waals surface area contributed by atoms with E-state index in [2.05, 4.69) is 5.32 Å². The third kappa shape index (κ3) is 6.22. The summed E-state index contributed by atoms with van der Waals surface area (Å²) in [5, 5.41) is 2.65. The molecule has 1 amide bonds. The summed E-state index contributed by atoms with van der Waals surface area (Å²) in [5.74, 6) is -2.86. The molecular weight excluding hydrogens is 400 g/mol. The number of carbonyl (C=O) groups excluding carboxylic acids is 2. The number of alkyl halides is 2. The first kappa shape index (κ1) is 22.2. The molecule has 0 aliphatic carbocycles. The molecule has 0 fully saturated rings. The highest BCUT2D eigenvalue weighted by Gasteiger charge is 2.34. The second-order valence-electron chi connectivity index (χ2n) is 7.01. The van der Waals surface area contributed by atoms with Crippen molar-refractivity contribution in [1.29, 1.82) is 0 Å². The number of ketones is 1. The molecule has 0 heterocycles. The molecule has 0 aliphatic heterocycles. The van der Waals surface area contributed by atoms with Gasteiger partial charge in [0.2, 0.25) is 5.91 Å². The van der Waals surface area contributed by atoms with Gasteiger partial charge in [-0.15, -0.1) is 0 Å². The molecule has 3 rings (SSSR count). The summed E-state index contributed by atoms with van der Waals surface area (Å²) in [6.07, 6.45) is -2.37. The van der Waals surface area contributed by atoms with Gasteiger partial charge < -0.3 is 10.1 Å². The van der Waals surface area contributed by atoms with E-state index in [1.54, 1.807) is 12.1 Å². The number of hydrogen-bond acceptors (Lipinski definition) is 3. The predicted octanol–water partition coefficient (Wildman–Crippen LogP) is 4.54. The molecule has 160 valence electrons. The lowest BCUT2D eigenvalue weighted by atomic mass is 9.91. The molecule has 0 saturated heterocycles. The minimum absolute atomic E-state index is 0.167. The van der Waals surface area contributed by atoms with E-state index in [-0.39, 0.29) is 12.1 Å². The number of amides is 1. The number of Topliss-reactive ketones (excluding diaryl/α,β-unsaturated/α-hetero) is 1. The maximum atomic E-state index is 13.9. The third-order valence-corrected chi connectivity index (χ3v) is 4.74. The van der Waals surface area contributed by atoms with Gasteiger partial charge in [0.25, 0.3) is 0 Å². The lowest BCUT2D eigenvalue weighted by Gasteiger charge is -2.18. The summed E-state index contributed by atoms with van der Waals surface area (Å²) in [6.45, 7) is -1.02. The van der Waals surface area contributed by atoms with Gasteiger partial charge in [-0.25, -0.2) is 8.78 Å². The van der Waals surface area contributed by atoms with Crippen molar-refractivity contribution in [2.75, 3.05) is 6.67 Å². The Hall–Kier alpha value is -3.54. The fraction of sp³-hybridized carbons (Fsp3) is 0.200. The van der Waals surface area contributed by atoms with Crippen molar-refractivity contribution in [3.63, 3.8) is 0 Å². The van der Waals surface area contributed by atoms with Crippen LogP contribution in [0.5, 0.6) is 5.75 Å². The van der Waals surface area contributed by atoms with Crippen LogP contribution in [0, 0.1) is 0 Å². The second kappa shape index (κ2) is 11.0. The number of carbonyl (C=O) groups is 2. The van der Waals surface area contributed by atoms with Crippen LogP contribution in [0.1, 0.15) is 22.6 Å². The normalized spacial score (nSPS) is 12.6. The summed E-state index contributed by atoms with van der Waals surface area (Å²) in [6, 6.07) is 24.9. The first-order chi connectivity index (χ1) is 15.1. The van der Waals surface area contributed by atoms with Gasteiger partial charge in [-0.2, -0.15) is 0 Å². The third-order valence-electron chi connectivity index (χ3n) is 4.74. The van der Waals surface area contributed by atoms with Crippen LogP contribution in [-0.4, -0.2) is 24.5 Å². The number of ether oxygens (including phenoxy) is 1. The van der Waals surface area contributed by atoms with Gasteiger partial charge in [-0.1, -0.05) is 72.8 Å². The van der Waals surface area contributed by atoms with Gasteiger partial charge in [0, 0.05) is 6.54 Å². The molecule has 6 heteroatoms. The fourth-order valence-corrected chi connectivity index (χ4v) is 3.11. The minimum Gasteiger partial charge on any atom is -0.489 e. The van der Waals surface area contributed by atoms with Gasteiger partial charge in [0.1, 0.15) is 24.9 Å². The van der Waals surface area contributed by atoms with Gasteiger partial charge in [-0.3, -0.25) is 9.59 Å². The highest BCUT2D eigenvalue weighted by Crippen LogP contribution is 2.25. The quantitative estimate of drug-likeness (QED) is 0.487. The van der Waals surface area contributed by atoms with E-state index in [0.29, 0.717) is 12.4 Å². The van der Waals surface area contributed by atoms with Crippen LogP contribution in [-0.2, 0) is 22.7 Å². The molecule has 31 heavy (non-hydrogen) atoms. The van der Waals surface area contributed by atoms with Gasteiger partial charge in [0.15, 0.2) is 12.0 Å². The molecule has 0 spiro atoms. The number of benzene rings is 3. The van der Waals surface area contributed by atoms with E-state index < -0.39 is 30.5 Å². The van der Waals surface area contributed by atoms with Crippen molar-refractivity contribution < 1.29 is 23.1 Å². The first-order valence-corrected chi connectivity index (χ1v) is 9.90. The van der Waals surface area contributed by atoms with Crippen molar-refractivity contribution in [3.05, 3.63) is 102 Å². The van der Waals surface area contributed by atoms with E-state index >= 15 is 0 Å².